The number of nitrogens with zero attached hydrogens (tertiary/aromatic N) is 5. The van der Waals surface area contributed by atoms with Crippen LogP contribution in [0.25, 0.3) is 5.69 Å². The van der Waals surface area contributed by atoms with Crippen LogP contribution in [0.1, 0.15) is 34.8 Å². The van der Waals surface area contributed by atoms with Crippen LogP contribution in [-0.2, 0) is 0 Å². The van der Waals surface area contributed by atoms with E-state index in [1.807, 2.05) is 65.7 Å². The van der Waals surface area contributed by atoms with Gasteiger partial charge in [-0.3, -0.25) is 4.79 Å². The molecule has 0 bridgehead atoms. The highest BCUT2D eigenvalue weighted by Gasteiger charge is 2.25. The number of aromatic nitrogens is 4. The molecule has 6 heteroatoms. The van der Waals surface area contributed by atoms with Gasteiger partial charge in [0.2, 0.25) is 0 Å². The highest BCUT2D eigenvalue weighted by Crippen LogP contribution is 2.23. The summed E-state index contributed by atoms with van der Waals surface area (Å²) in [5.74, 6) is 0.0908. The van der Waals surface area contributed by atoms with Crippen molar-refractivity contribution in [2.75, 3.05) is 13.1 Å². The quantitative estimate of drug-likeness (QED) is 0.739. The Morgan fingerprint density at radius 2 is 2.08 bits per heavy atom. The van der Waals surface area contributed by atoms with Crippen molar-refractivity contribution in [3.8, 4) is 5.69 Å². The van der Waals surface area contributed by atoms with Gasteiger partial charge in [-0.05, 0) is 49.6 Å². The Kier molecular flexibility index (Phi) is 4.09. The van der Waals surface area contributed by atoms with Crippen LogP contribution in [0.15, 0.2) is 55.4 Å². The summed E-state index contributed by atoms with van der Waals surface area (Å²) in [6, 6.07) is 7.96. The number of imidazole rings is 1. The molecule has 0 unspecified atom stereocenters. The molecule has 0 radical (unpaired) electrons. The Bertz CT molecular complexity index is 850. The van der Waals surface area contributed by atoms with Crippen molar-refractivity contribution in [2.24, 2.45) is 0 Å². The number of hydrogen-bond acceptors (Lipinski definition) is 3. The number of aryl methyl sites for hydroxylation is 1. The van der Waals surface area contributed by atoms with E-state index in [0.717, 1.165) is 42.7 Å². The third kappa shape index (κ3) is 3.20. The maximum atomic E-state index is 12.8. The minimum Gasteiger partial charge on any atom is -0.337 e. The Morgan fingerprint density at radius 1 is 1.24 bits per heavy atom. The molecule has 3 aromatic rings. The van der Waals surface area contributed by atoms with Gasteiger partial charge in [0.25, 0.3) is 5.91 Å². The van der Waals surface area contributed by atoms with Gasteiger partial charge in [-0.1, -0.05) is 0 Å². The first-order valence-electron chi connectivity index (χ1n) is 8.59. The molecule has 0 aliphatic carbocycles. The standard InChI is InChI=1S/C19H21N5O/c1-15-11-21-24(12-15)17-6-4-16(5-7-17)19(25)22-9-2-3-18(13-22)23-10-8-20-14-23/h4-8,10-12,14,18H,2-3,9,13H2,1H3/t18-/m0/s1. The molecule has 1 fully saturated rings. The number of benzene rings is 1. The molecule has 1 aliphatic rings. The van der Waals surface area contributed by atoms with Gasteiger partial charge in [-0.2, -0.15) is 5.10 Å². The summed E-state index contributed by atoms with van der Waals surface area (Å²) in [7, 11) is 0. The van der Waals surface area contributed by atoms with Crippen molar-refractivity contribution < 1.29 is 4.79 Å². The molecule has 1 amide bonds. The predicted octanol–water partition coefficient (Wildman–Crippen LogP) is 2.85. The minimum atomic E-state index is 0.0908. The molecule has 1 aliphatic heterocycles. The average molecular weight is 335 g/mol. The third-order valence-corrected chi connectivity index (χ3v) is 4.72. The molecule has 1 atom stereocenters. The molecule has 0 N–H and O–H groups in total. The van der Waals surface area contributed by atoms with Gasteiger partial charge in [0.1, 0.15) is 0 Å². The maximum Gasteiger partial charge on any atom is 0.253 e. The first-order valence-corrected chi connectivity index (χ1v) is 8.59. The van der Waals surface area contributed by atoms with E-state index in [0.29, 0.717) is 6.04 Å². The summed E-state index contributed by atoms with van der Waals surface area (Å²) in [6.45, 7) is 3.55. The summed E-state index contributed by atoms with van der Waals surface area (Å²) >= 11 is 0. The van der Waals surface area contributed by atoms with E-state index in [1.165, 1.54) is 0 Å². The summed E-state index contributed by atoms with van der Waals surface area (Å²) in [4.78, 5) is 18.9. The number of hydrogen-bond donors (Lipinski definition) is 0. The molecule has 4 rings (SSSR count). The number of carbonyl (C=O) groups is 1. The molecule has 0 spiro atoms. The van der Waals surface area contributed by atoms with Crippen LogP contribution in [0.5, 0.6) is 0 Å². The number of carbonyl (C=O) groups excluding carboxylic acids is 1. The third-order valence-electron chi connectivity index (χ3n) is 4.72. The summed E-state index contributed by atoms with van der Waals surface area (Å²) in [6.07, 6.45) is 11.5. The molecule has 1 aromatic carbocycles. The van der Waals surface area contributed by atoms with Gasteiger partial charge in [-0.15, -0.1) is 0 Å². The van der Waals surface area contributed by atoms with Gasteiger partial charge in [-0.25, -0.2) is 9.67 Å². The summed E-state index contributed by atoms with van der Waals surface area (Å²) < 4.78 is 3.92. The van der Waals surface area contributed by atoms with Gasteiger partial charge >= 0.3 is 0 Å². The molecule has 1 saturated heterocycles. The lowest BCUT2D eigenvalue weighted by molar-refractivity contribution is 0.0679. The van der Waals surface area contributed by atoms with Crippen LogP contribution < -0.4 is 0 Å². The Balaban J connectivity index is 1.48. The van der Waals surface area contributed by atoms with E-state index >= 15 is 0 Å². The van der Waals surface area contributed by atoms with Gasteiger partial charge in [0, 0.05) is 37.2 Å². The van der Waals surface area contributed by atoms with Gasteiger partial charge < -0.3 is 9.47 Å². The van der Waals surface area contributed by atoms with Crippen LogP contribution in [0.2, 0.25) is 0 Å². The highest BCUT2D eigenvalue weighted by molar-refractivity contribution is 5.94. The van der Waals surface area contributed by atoms with Crippen LogP contribution in [0.4, 0.5) is 0 Å². The zero-order chi connectivity index (χ0) is 17.2. The van der Waals surface area contributed by atoms with Crippen LogP contribution in [-0.4, -0.2) is 43.2 Å². The van der Waals surface area contributed by atoms with Crippen molar-refractivity contribution in [3.05, 3.63) is 66.5 Å². The van der Waals surface area contributed by atoms with Crippen molar-refractivity contribution in [1.82, 2.24) is 24.2 Å². The number of piperidine rings is 1. The lowest BCUT2D eigenvalue weighted by Gasteiger charge is -2.33. The zero-order valence-electron chi connectivity index (χ0n) is 14.2. The predicted molar refractivity (Wildman–Crippen MR) is 94.7 cm³/mol. The van der Waals surface area contributed by atoms with E-state index in [1.54, 1.807) is 6.20 Å². The van der Waals surface area contributed by atoms with Gasteiger partial charge in [0.05, 0.1) is 24.3 Å². The van der Waals surface area contributed by atoms with Crippen molar-refractivity contribution in [3.63, 3.8) is 0 Å². The fourth-order valence-electron chi connectivity index (χ4n) is 3.36. The fourth-order valence-corrected chi connectivity index (χ4v) is 3.36. The molecule has 2 aromatic heterocycles. The molecular formula is C19H21N5O. The molecule has 6 nitrogen and oxygen atoms in total. The van der Waals surface area contributed by atoms with E-state index in [4.69, 9.17) is 0 Å². The van der Waals surface area contributed by atoms with E-state index in [-0.39, 0.29) is 5.91 Å². The Labute approximate surface area is 146 Å². The number of amides is 1. The second-order valence-corrected chi connectivity index (χ2v) is 6.57. The molecule has 25 heavy (non-hydrogen) atoms. The Hall–Kier alpha value is -2.89. The first kappa shape index (κ1) is 15.6. The van der Waals surface area contributed by atoms with Crippen molar-refractivity contribution >= 4 is 5.91 Å². The SMILES string of the molecule is Cc1cnn(-c2ccc(C(=O)N3CCC[C@H](n4ccnc4)C3)cc2)c1. The largest absolute Gasteiger partial charge is 0.337 e. The monoisotopic (exact) mass is 335 g/mol. The molecule has 0 saturated carbocycles. The normalized spacial score (nSPS) is 17.6. The molecule has 3 heterocycles. The second kappa shape index (κ2) is 6.55. The van der Waals surface area contributed by atoms with Crippen LogP contribution >= 0.6 is 0 Å². The smallest absolute Gasteiger partial charge is 0.253 e. The van der Waals surface area contributed by atoms with Crippen LogP contribution in [0.3, 0.4) is 0 Å². The van der Waals surface area contributed by atoms with Crippen LogP contribution in [0, 0.1) is 6.92 Å². The maximum absolute atomic E-state index is 12.8. The fraction of sp³-hybridized carbons (Fsp3) is 0.316. The molecular weight excluding hydrogens is 314 g/mol. The van der Waals surface area contributed by atoms with Gasteiger partial charge in [0.15, 0.2) is 0 Å². The minimum absolute atomic E-state index is 0.0908. The molecule has 128 valence electrons. The highest BCUT2D eigenvalue weighted by atomic mass is 16.2. The van der Waals surface area contributed by atoms with E-state index in [9.17, 15) is 4.79 Å². The van der Waals surface area contributed by atoms with Crippen molar-refractivity contribution in [1.29, 1.82) is 0 Å². The zero-order valence-corrected chi connectivity index (χ0v) is 14.2. The first-order chi connectivity index (χ1) is 12.2. The average Bonchev–Trinajstić information content (AvgIpc) is 3.33. The topological polar surface area (TPSA) is 56.0 Å². The summed E-state index contributed by atoms with van der Waals surface area (Å²) in [5, 5.41) is 4.30. The number of rotatable bonds is 3. The summed E-state index contributed by atoms with van der Waals surface area (Å²) in [5.41, 5.74) is 2.79. The van der Waals surface area contributed by atoms with E-state index in [2.05, 4.69) is 14.6 Å². The second-order valence-electron chi connectivity index (χ2n) is 6.57. The lowest BCUT2D eigenvalue weighted by Crippen LogP contribution is -2.40. The van der Waals surface area contributed by atoms with Crippen molar-refractivity contribution in [2.45, 2.75) is 25.8 Å². The van der Waals surface area contributed by atoms with E-state index < -0.39 is 0 Å². The lowest BCUT2D eigenvalue weighted by atomic mass is 10.0. The number of likely N-dealkylation sites (tertiary alicyclic amines) is 1. The Morgan fingerprint density at radius 3 is 2.76 bits per heavy atom.